The Bertz CT molecular complexity index is 765. The average molecular weight is 408 g/mol. The lowest BCUT2D eigenvalue weighted by molar-refractivity contribution is 0.0593. The van der Waals surface area contributed by atoms with Gasteiger partial charge in [-0.15, -0.1) is 11.3 Å². The second-order valence-corrected chi connectivity index (χ2v) is 13.7. The van der Waals surface area contributed by atoms with Crippen molar-refractivity contribution >= 4 is 25.6 Å². The van der Waals surface area contributed by atoms with E-state index in [1.165, 1.54) is 24.0 Å². The Kier molecular flexibility index (Phi) is 6.83. The third kappa shape index (κ3) is 5.64. The fraction of sp³-hybridized carbons (Fsp3) is 0.500. The van der Waals surface area contributed by atoms with Crippen molar-refractivity contribution in [3.05, 3.63) is 45.9 Å². The van der Waals surface area contributed by atoms with Gasteiger partial charge in [0.15, 0.2) is 14.0 Å². The molecule has 0 bridgehead atoms. The number of hydrogen-bond donors (Lipinski definition) is 0. The van der Waals surface area contributed by atoms with Crippen molar-refractivity contribution in [3.63, 3.8) is 0 Å². The highest BCUT2D eigenvalue weighted by molar-refractivity contribution is 7.09. The number of nitrogens with zero attached hydrogens (tertiary/aromatic N) is 1. The predicted octanol–water partition coefficient (Wildman–Crippen LogP) is 5.38. The van der Waals surface area contributed by atoms with Crippen LogP contribution in [0.3, 0.4) is 0 Å². The number of benzene rings is 1. The van der Waals surface area contributed by atoms with Crippen molar-refractivity contribution in [2.75, 3.05) is 13.7 Å². The van der Waals surface area contributed by atoms with Crippen LogP contribution in [0.1, 0.15) is 47.9 Å². The number of esters is 1. The maximum Gasteiger partial charge on any atom is 0.357 e. The molecule has 0 aliphatic rings. The summed E-state index contributed by atoms with van der Waals surface area (Å²) in [6, 6.07) is 7.91. The number of aryl methyl sites for hydroxylation is 1. The lowest BCUT2D eigenvalue weighted by Crippen LogP contribution is -2.42. The van der Waals surface area contributed by atoms with Gasteiger partial charge in [-0.1, -0.05) is 38.5 Å². The molecule has 0 saturated carbocycles. The number of methoxy groups -OCH3 is 1. The molecule has 7 heteroatoms. The van der Waals surface area contributed by atoms with Gasteiger partial charge >= 0.3 is 5.97 Å². The number of thiazole rings is 1. The third-order valence-electron chi connectivity index (χ3n) is 4.86. The Hall–Kier alpha value is -1.70. The van der Waals surface area contributed by atoms with E-state index in [9.17, 15) is 4.79 Å². The first-order chi connectivity index (χ1) is 12.5. The summed E-state index contributed by atoms with van der Waals surface area (Å²) < 4.78 is 17.3. The minimum Gasteiger partial charge on any atom is -0.490 e. The standard InChI is InChI=1S/C20H29NO4SSi/c1-14-8-10-15(11-9-14)24-12-17(25-27(6,7)20(2,3)4)18-21-16(13-26-18)19(22)23-5/h8-11,13,17H,12H2,1-7H3. The maximum absolute atomic E-state index is 11.8. The molecule has 0 amide bonds. The van der Waals surface area contributed by atoms with Gasteiger partial charge in [0.25, 0.3) is 0 Å². The molecule has 0 N–H and O–H groups in total. The monoisotopic (exact) mass is 407 g/mol. The summed E-state index contributed by atoms with van der Waals surface area (Å²) in [5, 5.41) is 2.49. The van der Waals surface area contributed by atoms with Gasteiger partial charge in [-0.25, -0.2) is 9.78 Å². The summed E-state index contributed by atoms with van der Waals surface area (Å²) in [6.45, 7) is 13.3. The number of aromatic nitrogens is 1. The topological polar surface area (TPSA) is 57.7 Å². The van der Waals surface area contributed by atoms with Crippen LogP contribution in [0.15, 0.2) is 29.6 Å². The largest absolute Gasteiger partial charge is 0.490 e. The van der Waals surface area contributed by atoms with Crippen molar-refractivity contribution in [2.45, 2.75) is 51.9 Å². The first kappa shape index (κ1) is 21.6. The molecule has 0 aliphatic heterocycles. The second kappa shape index (κ2) is 8.54. The molecule has 0 aliphatic carbocycles. The number of rotatable bonds is 7. The summed E-state index contributed by atoms with van der Waals surface area (Å²) in [7, 11) is -0.701. The SMILES string of the molecule is COC(=O)c1csc(C(COc2ccc(C)cc2)O[Si](C)(C)C(C)(C)C)n1. The molecule has 2 rings (SSSR count). The summed E-state index contributed by atoms with van der Waals surface area (Å²) in [6.07, 6.45) is -0.337. The van der Waals surface area contributed by atoms with E-state index < -0.39 is 14.3 Å². The molecule has 5 nitrogen and oxygen atoms in total. The van der Waals surface area contributed by atoms with Crippen molar-refractivity contribution in [3.8, 4) is 5.75 Å². The molecule has 1 aromatic carbocycles. The number of carbonyl (C=O) groups is 1. The lowest BCUT2D eigenvalue weighted by Gasteiger charge is -2.38. The van der Waals surface area contributed by atoms with Gasteiger partial charge in [-0.3, -0.25) is 0 Å². The zero-order valence-electron chi connectivity index (χ0n) is 17.2. The second-order valence-electron chi connectivity index (χ2n) is 8.05. The van der Waals surface area contributed by atoms with Crippen LogP contribution in [-0.2, 0) is 9.16 Å². The van der Waals surface area contributed by atoms with E-state index in [0.717, 1.165) is 10.8 Å². The molecule has 2 aromatic rings. The van der Waals surface area contributed by atoms with E-state index >= 15 is 0 Å². The Morgan fingerprint density at radius 1 is 1.22 bits per heavy atom. The van der Waals surface area contributed by atoms with Crippen LogP contribution in [0.4, 0.5) is 0 Å². The smallest absolute Gasteiger partial charge is 0.357 e. The summed E-state index contributed by atoms with van der Waals surface area (Å²) in [5.74, 6) is 0.345. The van der Waals surface area contributed by atoms with Crippen molar-refractivity contribution in [1.82, 2.24) is 4.98 Å². The molecule has 148 valence electrons. The highest BCUT2D eigenvalue weighted by atomic mass is 32.1. The van der Waals surface area contributed by atoms with E-state index in [0.29, 0.717) is 12.3 Å². The fourth-order valence-electron chi connectivity index (χ4n) is 2.13. The van der Waals surface area contributed by atoms with Crippen molar-refractivity contribution in [2.24, 2.45) is 0 Å². The number of carbonyl (C=O) groups excluding carboxylic acids is 1. The zero-order chi connectivity index (χ0) is 20.2. The van der Waals surface area contributed by atoms with Crippen molar-refractivity contribution < 1.29 is 18.7 Å². The molecule has 1 atom stereocenters. The number of ether oxygens (including phenoxy) is 2. The highest BCUT2D eigenvalue weighted by Crippen LogP contribution is 2.40. The van der Waals surface area contributed by atoms with E-state index in [1.807, 2.05) is 31.2 Å². The van der Waals surface area contributed by atoms with E-state index in [4.69, 9.17) is 13.9 Å². The first-order valence-electron chi connectivity index (χ1n) is 8.94. The van der Waals surface area contributed by atoms with Crippen LogP contribution in [0, 0.1) is 6.92 Å². The van der Waals surface area contributed by atoms with E-state index in [2.05, 4.69) is 38.8 Å². The molecule has 1 heterocycles. The minimum absolute atomic E-state index is 0.0531. The molecule has 0 fully saturated rings. The van der Waals surface area contributed by atoms with Crippen LogP contribution in [0.2, 0.25) is 18.1 Å². The quantitative estimate of drug-likeness (QED) is 0.455. The summed E-state index contributed by atoms with van der Waals surface area (Å²) >= 11 is 1.40. The Labute approximate surface area is 166 Å². The van der Waals surface area contributed by atoms with Crippen LogP contribution in [-0.4, -0.2) is 33.0 Å². The van der Waals surface area contributed by atoms with Gasteiger partial charge in [-0.2, -0.15) is 0 Å². The average Bonchev–Trinajstić information content (AvgIpc) is 3.08. The predicted molar refractivity (Wildman–Crippen MR) is 111 cm³/mol. The molecule has 1 unspecified atom stereocenters. The molecule has 0 spiro atoms. The van der Waals surface area contributed by atoms with E-state index in [-0.39, 0.29) is 11.1 Å². The van der Waals surface area contributed by atoms with Gasteiger partial charge in [0, 0.05) is 5.38 Å². The minimum atomic E-state index is -2.05. The Balaban J connectivity index is 2.23. The summed E-state index contributed by atoms with van der Waals surface area (Å²) in [5.41, 5.74) is 1.48. The first-order valence-corrected chi connectivity index (χ1v) is 12.7. The highest BCUT2D eigenvalue weighted by Gasteiger charge is 2.40. The van der Waals surface area contributed by atoms with Gasteiger partial charge in [0.1, 0.15) is 23.5 Å². The van der Waals surface area contributed by atoms with Crippen molar-refractivity contribution in [1.29, 1.82) is 0 Å². The van der Waals surface area contributed by atoms with Gasteiger partial charge in [-0.05, 0) is 37.2 Å². The molecule has 0 saturated heterocycles. The van der Waals surface area contributed by atoms with E-state index in [1.54, 1.807) is 5.38 Å². The van der Waals surface area contributed by atoms with Crippen LogP contribution in [0.5, 0.6) is 5.75 Å². The van der Waals surface area contributed by atoms with Gasteiger partial charge in [0.05, 0.1) is 7.11 Å². The number of hydrogen-bond acceptors (Lipinski definition) is 6. The molecular weight excluding hydrogens is 378 g/mol. The van der Waals surface area contributed by atoms with Crippen LogP contribution < -0.4 is 4.74 Å². The molecule has 1 aromatic heterocycles. The summed E-state index contributed by atoms with van der Waals surface area (Å²) in [4.78, 5) is 16.2. The Morgan fingerprint density at radius 2 is 1.85 bits per heavy atom. The molecule has 27 heavy (non-hydrogen) atoms. The normalized spacial score (nSPS) is 13.3. The van der Waals surface area contributed by atoms with Crippen LogP contribution >= 0.6 is 11.3 Å². The third-order valence-corrected chi connectivity index (χ3v) is 10.3. The zero-order valence-corrected chi connectivity index (χ0v) is 19.0. The molecular formula is C20H29NO4SSi. The Morgan fingerprint density at radius 3 is 2.41 bits per heavy atom. The molecule has 0 radical (unpaired) electrons. The van der Waals surface area contributed by atoms with Gasteiger partial charge < -0.3 is 13.9 Å². The lowest BCUT2D eigenvalue weighted by atomic mass is 10.2. The van der Waals surface area contributed by atoms with Gasteiger partial charge in [0.2, 0.25) is 0 Å². The van der Waals surface area contributed by atoms with Crippen LogP contribution in [0.25, 0.3) is 0 Å². The fourth-order valence-corrected chi connectivity index (χ4v) is 4.26. The maximum atomic E-state index is 11.8.